The molecular weight excluding hydrogens is 433 g/mol. The summed E-state index contributed by atoms with van der Waals surface area (Å²) in [5, 5.41) is 2.78. The highest BCUT2D eigenvalue weighted by atomic mass is 19.2. The molecule has 2 aromatic carbocycles. The van der Waals surface area contributed by atoms with Crippen molar-refractivity contribution in [3.8, 4) is 0 Å². The molecule has 4 rings (SSSR count). The Kier molecular flexibility index (Phi) is 6.26. The summed E-state index contributed by atoms with van der Waals surface area (Å²) >= 11 is 0. The molecule has 0 aliphatic carbocycles. The van der Waals surface area contributed by atoms with Crippen molar-refractivity contribution >= 4 is 23.5 Å². The van der Waals surface area contributed by atoms with E-state index in [1.165, 1.54) is 18.3 Å². The van der Waals surface area contributed by atoms with E-state index in [4.69, 9.17) is 0 Å². The Morgan fingerprint density at radius 2 is 1.82 bits per heavy atom. The number of rotatable bonds is 7. The zero-order chi connectivity index (χ0) is 23.5. The molecule has 0 radical (unpaired) electrons. The maximum absolute atomic E-state index is 13.4. The quantitative estimate of drug-likeness (QED) is 0.425. The van der Waals surface area contributed by atoms with E-state index >= 15 is 0 Å². The molecule has 0 saturated carbocycles. The minimum absolute atomic E-state index is 0.0331. The van der Waals surface area contributed by atoms with Crippen LogP contribution in [0.15, 0.2) is 59.5 Å². The van der Waals surface area contributed by atoms with Crippen molar-refractivity contribution in [1.29, 1.82) is 0 Å². The lowest BCUT2D eigenvalue weighted by atomic mass is 10.1. The van der Waals surface area contributed by atoms with E-state index in [0.29, 0.717) is 12.8 Å². The number of carbonyl (C=O) groups is 2. The molecule has 0 fully saturated rings. The number of nitrogens with one attached hydrogen (secondary N) is 1. The first kappa shape index (κ1) is 22.3. The number of aromatic nitrogens is 1. The van der Waals surface area contributed by atoms with Gasteiger partial charge in [0.1, 0.15) is 0 Å². The van der Waals surface area contributed by atoms with Crippen LogP contribution in [-0.2, 0) is 17.8 Å². The monoisotopic (exact) mass is 452 g/mol. The molecule has 0 atom stereocenters. The molecule has 0 spiro atoms. The second-order valence-electron chi connectivity index (χ2n) is 7.73. The molecule has 1 aliphatic heterocycles. The summed E-state index contributed by atoms with van der Waals surface area (Å²) in [6.45, 7) is -0.206. The number of benzene rings is 2. The Bertz CT molecular complexity index is 1320. The molecule has 8 heteroatoms. The average molecular weight is 452 g/mol. The van der Waals surface area contributed by atoms with Crippen LogP contribution < -0.4 is 10.9 Å². The number of Topliss-reactive ketones (excluding diaryl/α,β-unsaturated/α-hetero) is 1. The number of carbonyl (C=O) groups excluding carboxylic acids is 2. The minimum atomic E-state index is -1.58. The van der Waals surface area contributed by atoms with Crippen molar-refractivity contribution in [2.45, 2.75) is 25.8 Å². The van der Waals surface area contributed by atoms with Crippen LogP contribution in [0.5, 0.6) is 0 Å². The van der Waals surface area contributed by atoms with Crippen LogP contribution in [0.3, 0.4) is 0 Å². The van der Waals surface area contributed by atoms with Gasteiger partial charge in [0.05, 0.1) is 18.5 Å². The number of hydrogen-bond acceptors (Lipinski definition) is 3. The van der Waals surface area contributed by atoms with Gasteiger partial charge in [-0.25, -0.2) is 13.2 Å². The molecule has 1 aromatic heterocycles. The average Bonchev–Trinajstić information content (AvgIpc) is 3.15. The highest BCUT2D eigenvalue weighted by Crippen LogP contribution is 2.24. The van der Waals surface area contributed by atoms with Crippen LogP contribution in [0.2, 0.25) is 0 Å². The molecule has 0 saturated heterocycles. The van der Waals surface area contributed by atoms with Gasteiger partial charge in [0.15, 0.2) is 23.2 Å². The normalized spacial score (nSPS) is 12.8. The third-order valence-electron chi connectivity index (χ3n) is 5.32. The molecule has 1 amide bonds. The van der Waals surface area contributed by atoms with Gasteiger partial charge in [-0.2, -0.15) is 0 Å². The molecule has 3 aromatic rings. The van der Waals surface area contributed by atoms with Crippen molar-refractivity contribution in [2.75, 3.05) is 5.32 Å². The van der Waals surface area contributed by atoms with E-state index in [2.05, 4.69) is 5.32 Å². The molecule has 0 bridgehead atoms. The minimum Gasteiger partial charge on any atom is -0.326 e. The SMILES string of the molecule is O=C1Cc2ccc(/C=C/CCC(=O)c3cccn(Cc4cc(F)c(F)c(F)c4)c3=O)cc2N1. The molecule has 2 heterocycles. The lowest BCUT2D eigenvalue weighted by molar-refractivity contribution is -0.115. The largest absolute Gasteiger partial charge is 0.326 e. The van der Waals surface area contributed by atoms with E-state index in [9.17, 15) is 27.6 Å². The van der Waals surface area contributed by atoms with Crippen LogP contribution in [0, 0.1) is 17.5 Å². The number of allylic oxidation sites excluding steroid dienone is 1. The van der Waals surface area contributed by atoms with Gasteiger partial charge in [-0.15, -0.1) is 0 Å². The fraction of sp³-hybridized carbons (Fsp3) is 0.160. The first-order valence-corrected chi connectivity index (χ1v) is 10.3. The second kappa shape index (κ2) is 9.28. The van der Waals surface area contributed by atoms with E-state index in [1.807, 2.05) is 30.4 Å². The summed E-state index contributed by atoms with van der Waals surface area (Å²) in [4.78, 5) is 36.7. The van der Waals surface area contributed by atoms with Gasteiger partial charge in [0, 0.05) is 18.3 Å². The van der Waals surface area contributed by atoms with Crippen molar-refractivity contribution in [1.82, 2.24) is 4.57 Å². The van der Waals surface area contributed by atoms with Crippen LogP contribution in [0.1, 0.15) is 39.9 Å². The number of nitrogens with zero attached hydrogens (tertiary/aromatic N) is 1. The molecule has 0 unspecified atom stereocenters. The zero-order valence-corrected chi connectivity index (χ0v) is 17.4. The molecule has 33 heavy (non-hydrogen) atoms. The van der Waals surface area contributed by atoms with Gasteiger partial charge in [-0.3, -0.25) is 14.4 Å². The lowest BCUT2D eigenvalue weighted by Crippen LogP contribution is -2.26. The number of anilines is 1. The Balaban J connectivity index is 1.41. The third kappa shape index (κ3) is 4.95. The highest BCUT2D eigenvalue weighted by molar-refractivity contribution is 5.99. The van der Waals surface area contributed by atoms with E-state index in [1.54, 1.807) is 0 Å². The van der Waals surface area contributed by atoms with Crippen LogP contribution >= 0.6 is 0 Å². The van der Waals surface area contributed by atoms with E-state index < -0.39 is 23.0 Å². The smallest absolute Gasteiger partial charge is 0.261 e. The molecule has 1 aliphatic rings. The maximum atomic E-state index is 13.4. The van der Waals surface area contributed by atoms with Crippen LogP contribution in [-0.4, -0.2) is 16.3 Å². The summed E-state index contributed by atoms with van der Waals surface area (Å²) < 4.78 is 41.2. The fourth-order valence-corrected chi connectivity index (χ4v) is 3.67. The Hall–Kier alpha value is -3.94. The number of hydrogen-bond donors (Lipinski definition) is 1. The predicted molar refractivity (Wildman–Crippen MR) is 117 cm³/mol. The van der Waals surface area contributed by atoms with E-state index in [-0.39, 0.29) is 35.8 Å². The van der Waals surface area contributed by atoms with Crippen LogP contribution in [0.25, 0.3) is 6.08 Å². The summed E-state index contributed by atoms with van der Waals surface area (Å²) in [5.41, 5.74) is 2.04. The zero-order valence-electron chi connectivity index (χ0n) is 17.4. The lowest BCUT2D eigenvalue weighted by Gasteiger charge is -2.08. The summed E-state index contributed by atoms with van der Waals surface area (Å²) in [5.74, 6) is -4.67. The third-order valence-corrected chi connectivity index (χ3v) is 5.32. The summed E-state index contributed by atoms with van der Waals surface area (Å²) in [7, 11) is 0. The van der Waals surface area contributed by atoms with Crippen molar-refractivity contribution in [3.05, 3.63) is 105 Å². The van der Waals surface area contributed by atoms with Gasteiger partial charge in [0.25, 0.3) is 5.56 Å². The van der Waals surface area contributed by atoms with Gasteiger partial charge in [0.2, 0.25) is 5.91 Å². The van der Waals surface area contributed by atoms with Gasteiger partial charge in [-0.05, 0) is 53.4 Å². The number of fused-ring (bicyclic) bond motifs is 1. The number of ketones is 1. The highest BCUT2D eigenvalue weighted by Gasteiger charge is 2.17. The first-order valence-electron chi connectivity index (χ1n) is 10.3. The van der Waals surface area contributed by atoms with Crippen molar-refractivity contribution < 1.29 is 22.8 Å². The molecule has 1 N–H and O–H groups in total. The predicted octanol–water partition coefficient (Wildman–Crippen LogP) is 4.48. The Labute approximate surface area is 187 Å². The first-order chi connectivity index (χ1) is 15.8. The van der Waals surface area contributed by atoms with E-state index in [0.717, 1.165) is 33.5 Å². The molecule has 5 nitrogen and oxygen atoms in total. The maximum Gasteiger partial charge on any atom is 0.261 e. The summed E-state index contributed by atoms with van der Waals surface area (Å²) in [6.07, 6.45) is 5.89. The van der Waals surface area contributed by atoms with Gasteiger partial charge in [-0.1, -0.05) is 24.3 Å². The molecular formula is C25H19F3N2O3. The van der Waals surface area contributed by atoms with Gasteiger partial charge >= 0.3 is 0 Å². The van der Waals surface area contributed by atoms with Crippen molar-refractivity contribution in [2.24, 2.45) is 0 Å². The number of pyridine rings is 1. The summed E-state index contributed by atoms with van der Waals surface area (Å²) in [6, 6.07) is 10.1. The Morgan fingerprint density at radius 1 is 1.06 bits per heavy atom. The topological polar surface area (TPSA) is 68.2 Å². The van der Waals surface area contributed by atoms with Crippen LogP contribution in [0.4, 0.5) is 18.9 Å². The van der Waals surface area contributed by atoms with Crippen molar-refractivity contribution in [3.63, 3.8) is 0 Å². The number of halogens is 3. The number of amides is 1. The fourth-order valence-electron chi connectivity index (χ4n) is 3.67. The Morgan fingerprint density at radius 3 is 2.58 bits per heavy atom. The van der Waals surface area contributed by atoms with Gasteiger partial charge < -0.3 is 9.88 Å². The standard InChI is InChI=1S/C25H19F3N2O3/c26-19-10-16(11-20(27)24(19)28)14-30-9-3-5-18(25(30)33)22(31)6-2-1-4-15-7-8-17-13-23(32)29-21(17)12-15/h1,3-5,7-12H,2,6,13-14H2,(H,29,32)/b4-1+. The molecule has 168 valence electrons. The second-order valence-corrected chi connectivity index (χ2v) is 7.73.